The van der Waals surface area contributed by atoms with Gasteiger partial charge in [-0.3, -0.25) is 0 Å². The van der Waals surface area contributed by atoms with Crippen molar-refractivity contribution < 1.29 is 17.7 Å². The van der Waals surface area contributed by atoms with E-state index in [4.69, 9.17) is 17.7 Å². The van der Waals surface area contributed by atoms with E-state index in [1.54, 1.807) is 28.4 Å². The van der Waals surface area contributed by atoms with Gasteiger partial charge in [0.1, 0.15) is 0 Å². The topological polar surface area (TPSA) is 36.9 Å². The molecule has 0 rings (SSSR count). The first kappa shape index (κ1) is 16.3. The van der Waals surface area contributed by atoms with Crippen LogP contribution < -0.4 is 0 Å². The third-order valence-electron chi connectivity index (χ3n) is 3.69. The zero-order valence-electron chi connectivity index (χ0n) is 11.6. The third kappa shape index (κ3) is 2.74. The molecule has 0 heterocycles. The fourth-order valence-corrected chi connectivity index (χ4v) is 11.8. The van der Waals surface area contributed by atoms with Gasteiger partial charge in [-0.1, -0.05) is 20.8 Å². The first-order valence-electron chi connectivity index (χ1n) is 5.73. The second kappa shape index (κ2) is 6.88. The van der Waals surface area contributed by atoms with E-state index in [0.717, 1.165) is 12.1 Å². The quantitative estimate of drug-likeness (QED) is 0.632. The van der Waals surface area contributed by atoms with Gasteiger partial charge in [0.05, 0.1) is 0 Å². The summed E-state index contributed by atoms with van der Waals surface area (Å²) in [5.41, 5.74) is 0. The normalized spacial score (nSPS) is 13.5. The molecule has 0 bridgehead atoms. The molecule has 16 heavy (non-hydrogen) atoms. The van der Waals surface area contributed by atoms with Gasteiger partial charge < -0.3 is 17.7 Å². The monoisotopic (exact) mass is 266 g/mol. The van der Waals surface area contributed by atoms with E-state index < -0.39 is 17.1 Å². The average molecular weight is 266 g/mol. The molecule has 0 aliphatic heterocycles. The maximum absolute atomic E-state index is 5.70. The first-order chi connectivity index (χ1) is 7.52. The van der Waals surface area contributed by atoms with Crippen molar-refractivity contribution in [2.24, 2.45) is 0 Å². The Morgan fingerprint density at radius 2 is 1.00 bits per heavy atom. The van der Waals surface area contributed by atoms with Crippen LogP contribution >= 0.6 is 0 Å². The molecule has 0 aliphatic rings. The highest BCUT2D eigenvalue weighted by atomic mass is 28.4. The molecule has 0 atom stereocenters. The molecular formula is C10H26O4Si2. The van der Waals surface area contributed by atoms with Crippen LogP contribution in [0.4, 0.5) is 0 Å². The highest BCUT2D eigenvalue weighted by Gasteiger charge is 2.55. The van der Waals surface area contributed by atoms with Crippen LogP contribution in [-0.2, 0) is 17.7 Å². The van der Waals surface area contributed by atoms with Crippen LogP contribution in [0.25, 0.3) is 0 Å². The molecular weight excluding hydrogens is 240 g/mol. The van der Waals surface area contributed by atoms with Crippen LogP contribution in [0.1, 0.15) is 20.8 Å². The van der Waals surface area contributed by atoms with Gasteiger partial charge >= 0.3 is 17.1 Å². The van der Waals surface area contributed by atoms with E-state index in [0.29, 0.717) is 0 Å². The average Bonchev–Trinajstić information content (AvgIpc) is 2.35. The van der Waals surface area contributed by atoms with Gasteiger partial charge in [0, 0.05) is 33.6 Å². The minimum absolute atomic E-state index is 0.236. The maximum Gasteiger partial charge on any atom is 0.342 e. The van der Waals surface area contributed by atoms with Gasteiger partial charge in [0.25, 0.3) is 0 Å². The van der Waals surface area contributed by atoms with Crippen molar-refractivity contribution in [1.29, 1.82) is 0 Å². The zero-order valence-corrected chi connectivity index (χ0v) is 13.6. The summed E-state index contributed by atoms with van der Waals surface area (Å²) in [5.74, 6) is 0. The lowest BCUT2D eigenvalue weighted by Gasteiger charge is -2.40. The number of hydrogen-bond donors (Lipinski definition) is 0. The van der Waals surface area contributed by atoms with Crippen LogP contribution in [-0.4, -0.2) is 45.6 Å². The van der Waals surface area contributed by atoms with Gasteiger partial charge in [-0.15, -0.1) is 0 Å². The molecule has 0 fully saturated rings. The maximum atomic E-state index is 5.70. The Bertz CT molecular complexity index is 157. The molecule has 0 aromatic heterocycles. The van der Waals surface area contributed by atoms with Crippen molar-refractivity contribution in [3.8, 4) is 0 Å². The first-order valence-corrected chi connectivity index (χ1v) is 9.93. The summed E-state index contributed by atoms with van der Waals surface area (Å²) in [5, 5.41) is 0.236. The van der Waals surface area contributed by atoms with Crippen molar-refractivity contribution in [2.45, 2.75) is 38.0 Å². The molecule has 0 spiro atoms. The van der Waals surface area contributed by atoms with Gasteiger partial charge in [0.2, 0.25) is 0 Å². The van der Waals surface area contributed by atoms with Gasteiger partial charge in [-0.25, -0.2) is 0 Å². The number of rotatable bonds is 8. The summed E-state index contributed by atoms with van der Waals surface area (Å²) in [4.78, 5) is 0. The largest absolute Gasteiger partial charge is 0.397 e. The lowest BCUT2D eigenvalue weighted by atomic mass is 10.9. The molecule has 0 amide bonds. The fourth-order valence-electron chi connectivity index (χ4n) is 2.40. The molecule has 0 unspecified atom stereocenters. The Kier molecular flexibility index (Phi) is 6.99. The highest BCUT2D eigenvalue weighted by Crippen LogP contribution is 2.37. The molecule has 0 saturated carbocycles. The van der Waals surface area contributed by atoms with Crippen molar-refractivity contribution in [1.82, 2.24) is 0 Å². The Morgan fingerprint density at radius 3 is 1.12 bits per heavy atom. The standard InChI is InChI=1S/C10H26O4Si2/c1-8-15(11-4,12-5)10(3)16(9-2,13-6)14-7/h10H,8-9H2,1-7H3. The summed E-state index contributed by atoms with van der Waals surface area (Å²) >= 11 is 0. The van der Waals surface area contributed by atoms with Crippen LogP contribution in [0.5, 0.6) is 0 Å². The van der Waals surface area contributed by atoms with Crippen LogP contribution in [0, 0.1) is 0 Å². The summed E-state index contributed by atoms with van der Waals surface area (Å²) in [6.07, 6.45) is 0. The second-order valence-corrected chi connectivity index (χ2v) is 12.5. The molecule has 98 valence electrons. The summed E-state index contributed by atoms with van der Waals surface area (Å²) in [7, 11) is 2.51. The summed E-state index contributed by atoms with van der Waals surface area (Å²) < 4.78 is 22.8. The zero-order chi connectivity index (χ0) is 12.8. The summed E-state index contributed by atoms with van der Waals surface area (Å²) in [6.45, 7) is 6.36. The van der Waals surface area contributed by atoms with E-state index in [2.05, 4.69) is 20.8 Å². The second-order valence-electron chi connectivity index (χ2n) is 3.87. The van der Waals surface area contributed by atoms with Crippen LogP contribution in [0.3, 0.4) is 0 Å². The molecule has 6 heteroatoms. The van der Waals surface area contributed by atoms with E-state index >= 15 is 0 Å². The Hall–Kier alpha value is 0.274. The van der Waals surface area contributed by atoms with E-state index in [-0.39, 0.29) is 5.16 Å². The summed E-state index contributed by atoms with van der Waals surface area (Å²) in [6, 6.07) is 1.81. The van der Waals surface area contributed by atoms with Crippen molar-refractivity contribution in [2.75, 3.05) is 28.4 Å². The third-order valence-corrected chi connectivity index (χ3v) is 13.7. The molecule has 0 aliphatic carbocycles. The van der Waals surface area contributed by atoms with Gasteiger partial charge in [-0.2, -0.15) is 0 Å². The Balaban J connectivity index is 5.16. The minimum Gasteiger partial charge on any atom is -0.397 e. The number of hydrogen-bond acceptors (Lipinski definition) is 4. The lowest BCUT2D eigenvalue weighted by molar-refractivity contribution is 0.205. The smallest absolute Gasteiger partial charge is 0.342 e. The Morgan fingerprint density at radius 1 is 0.750 bits per heavy atom. The van der Waals surface area contributed by atoms with Crippen LogP contribution in [0.15, 0.2) is 0 Å². The SMILES string of the molecule is CC[Si](OC)(OC)C(C)[Si](CC)(OC)OC. The molecule has 0 aromatic carbocycles. The van der Waals surface area contributed by atoms with Crippen molar-refractivity contribution >= 4 is 17.1 Å². The molecule has 0 saturated heterocycles. The van der Waals surface area contributed by atoms with Crippen molar-refractivity contribution in [3.63, 3.8) is 0 Å². The van der Waals surface area contributed by atoms with Crippen LogP contribution in [0.2, 0.25) is 17.3 Å². The van der Waals surface area contributed by atoms with E-state index in [1.807, 2.05) is 0 Å². The van der Waals surface area contributed by atoms with Gasteiger partial charge in [0.15, 0.2) is 0 Å². The van der Waals surface area contributed by atoms with Gasteiger partial charge in [-0.05, 0) is 12.1 Å². The predicted octanol–water partition coefficient (Wildman–Crippen LogP) is 2.43. The predicted molar refractivity (Wildman–Crippen MR) is 69.9 cm³/mol. The Labute approximate surface area is 102 Å². The molecule has 0 N–H and O–H groups in total. The highest BCUT2D eigenvalue weighted by molar-refractivity contribution is 6.88. The lowest BCUT2D eigenvalue weighted by Crippen LogP contribution is -2.58. The molecule has 0 radical (unpaired) electrons. The van der Waals surface area contributed by atoms with E-state index in [1.165, 1.54) is 0 Å². The molecule has 0 aromatic rings. The molecule has 4 nitrogen and oxygen atoms in total. The minimum atomic E-state index is -2.21. The van der Waals surface area contributed by atoms with E-state index in [9.17, 15) is 0 Å². The van der Waals surface area contributed by atoms with Crippen molar-refractivity contribution in [3.05, 3.63) is 0 Å². The fraction of sp³-hybridized carbons (Fsp3) is 1.00.